The van der Waals surface area contributed by atoms with Crippen LogP contribution in [0.1, 0.15) is 21.5 Å². The summed E-state index contributed by atoms with van der Waals surface area (Å²) in [5, 5.41) is 22.8. The molecule has 0 saturated heterocycles. The standard InChI is InChI=1S/C22H19FN2O5/c1-29-21-10-15(4-9-20(21)30-13-14-2-5-16(23)6-3-14)12-24-25-22(28)18-8-7-17(26)11-19(18)27/h2-12,26-27H,13H2,1H3,(H,25,28). The topological polar surface area (TPSA) is 100 Å². The van der Waals surface area contributed by atoms with Crippen LogP contribution in [0.15, 0.2) is 65.8 Å². The minimum Gasteiger partial charge on any atom is -0.508 e. The Hall–Kier alpha value is -4.07. The summed E-state index contributed by atoms with van der Waals surface area (Å²) in [7, 11) is 1.50. The number of hydrogen-bond acceptors (Lipinski definition) is 6. The molecule has 0 radical (unpaired) electrons. The average Bonchev–Trinajstić information content (AvgIpc) is 2.73. The summed E-state index contributed by atoms with van der Waals surface area (Å²) >= 11 is 0. The van der Waals surface area contributed by atoms with E-state index in [1.807, 2.05) is 0 Å². The van der Waals surface area contributed by atoms with Gasteiger partial charge in [0.1, 0.15) is 23.9 Å². The highest BCUT2D eigenvalue weighted by Crippen LogP contribution is 2.28. The second kappa shape index (κ2) is 9.42. The van der Waals surface area contributed by atoms with Crippen molar-refractivity contribution in [1.82, 2.24) is 5.43 Å². The Morgan fingerprint density at radius 3 is 2.53 bits per heavy atom. The molecule has 1 amide bonds. The molecule has 7 nitrogen and oxygen atoms in total. The number of methoxy groups -OCH3 is 1. The van der Waals surface area contributed by atoms with Crippen molar-refractivity contribution in [2.75, 3.05) is 7.11 Å². The molecule has 0 aliphatic carbocycles. The fraction of sp³-hybridized carbons (Fsp3) is 0.0909. The fourth-order valence-corrected chi connectivity index (χ4v) is 2.56. The van der Waals surface area contributed by atoms with Crippen LogP contribution in [0.3, 0.4) is 0 Å². The van der Waals surface area contributed by atoms with Crippen LogP contribution in [0.5, 0.6) is 23.0 Å². The minimum atomic E-state index is -0.630. The van der Waals surface area contributed by atoms with E-state index < -0.39 is 5.91 Å². The first-order valence-electron chi connectivity index (χ1n) is 8.87. The van der Waals surface area contributed by atoms with Gasteiger partial charge in [0, 0.05) is 6.07 Å². The molecular weight excluding hydrogens is 391 g/mol. The van der Waals surface area contributed by atoms with E-state index >= 15 is 0 Å². The van der Waals surface area contributed by atoms with E-state index in [4.69, 9.17) is 9.47 Å². The van der Waals surface area contributed by atoms with Crippen LogP contribution < -0.4 is 14.9 Å². The highest BCUT2D eigenvalue weighted by molar-refractivity contribution is 5.97. The van der Waals surface area contributed by atoms with Gasteiger partial charge >= 0.3 is 0 Å². The molecule has 3 aromatic carbocycles. The first-order valence-corrected chi connectivity index (χ1v) is 8.87. The Labute approximate surface area is 172 Å². The normalized spacial score (nSPS) is 10.7. The first kappa shape index (κ1) is 20.7. The number of carbonyl (C=O) groups excluding carboxylic acids is 1. The monoisotopic (exact) mass is 410 g/mol. The fourth-order valence-electron chi connectivity index (χ4n) is 2.56. The molecule has 30 heavy (non-hydrogen) atoms. The second-order valence-electron chi connectivity index (χ2n) is 6.23. The van der Waals surface area contributed by atoms with Crippen LogP contribution in [0, 0.1) is 5.82 Å². The lowest BCUT2D eigenvalue weighted by molar-refractivity contribution is 0.0952. The number of nitrogens with one attached hydrogen (secondary N) is 1. The van der Waals surface area contributed by atoms with Gasteiger partial charge in [-0.1, -0.05) is 12.1 Å². The summed E-state index contributed by atoms with van der Waals surface area (Å²) in [6, 6.07) is 14.7. The molecule has 0 aliphatic heterocycles. The van der Waals surface area contributed by atoms with Crippen LogP contribution in [0.4, 0.5) is 4.39 Å². The number of aromatic hydroxyl groups is 2. The van der Waals surface area contributed by atoms with Gasteiger partial charge in [-0.3, -0.25) is 4.79 Å². The number of phenols is 2. The zero-order valence-electron chi connectivity index (χ0n) is 16.0. The Bertz CT molecular complexity index is 1070. The number of phenolic OH excluding ortho intramolecular Hbond substituents is 2. The van der Waals surface area contributed by atoms with E-state index in [0.717, 1.165) is 11.6 Å². The molecule has 0 spiro atoms. The molecule has 0 aliphatic rings. The molecule has 8 heteroatoms. The van der Waals surface area contributed by atoms with Crippen molar-refractivity contribution < 1.29 is 28.9 Å². The first-order chi connectivity index (χ1) is 14.5. The van der Waals surface area contributed by atoms with Crippen LogP contribution in [-0.2, 0) is 6.61 Å². The average molecular weight is 410 g/mol. The van der Waals surface area contributed by atoms with Gasteiger partial charge in [0.15, 0.2) is 11.5 Å². The number of nitrogens with zero attached hydrogens (tertiary/aromatic N) is 1. The van der Waals surface area contributed by atoms with E-state index in [1.165, 1.54) is 37.6 Å². The zero-order chi connectivity index (χ0) is 21.5. The van der Waals surface area contributed by atoms with E-state index in [2.05, 4.69) is 10.5 Å². The summed E-state index contributed by atoms with van der Waals surface area (Å²) in [5.74, 6) is -0.489. The van der Waals surface area contributed by atoms with Gasteiger partial charge in [-0.15, -0.1) is 0 Å². The Kier molecular flexibility index (Phi) is 6.49. The molecule has 0 fully saturated rings. The minimum absolute atomic E-state index is 0.0212. The molecule has 3 rings (SSSR count). The number of rotatable bonds is 7. The van der Waals surface area contributed by atoms with Crippen molar-refractivity contribution in [3.05, 3.63) is 83.2 Å². The summed E-state index contributed by atoms with van der Waals surface area (Å²) in [5.41, 5.74) is 3.72. The molecule has 0 heterocycles. The molecule has 3 N–H and O–H groups in total. The number of amides is 1. The molecule has 0 saturated carbocycles. The third kappa shape index (κ3) is 5.26. The van der Waals surface area contributed by atoms with Gasteiger partial charge < -0.3 is 19.7 Å². The van der Waals surface area contributed by atoms with Gasteiger partial charge in [-0.2, -0.15) is 5.10 Å². The van der Waals surface area contributed by atoms with Crippen LogP contribution >= 0.6 is 0 Å². The van der Waals surface area contributed by atoms with E-state index in [0.29, 0.717) is 17.1 Å². The predicted octanol–water partition coefficient (Wildman–Crippen LogP) is 3.59. The Balaban J connectivity index is 1.63. The maximum atomic E-state index is 13.0. The maximum Gasteiger partial charge on any atom is 0.275 e. The van der Waals surface area contributed by atoms with Crippen LogP contribution in [-0.4, -0.2) is 29.4 Å². The molecule has 0 bridgehead atoms. The van der Waals surface area contributed by atoms with Crippen molar-refractivity contribution in [2.45, 2.75) is 6.61 Å². The van der Waals surface area contributed by atoms with Crippen molar-refractivity contribution in [1.29, 1.82) is 0 Å². The number of halogens is 1. The van der Waals surface area contributed by atoms with Crippen molar-refractivity contribution in [2.24, 2.45) is 5.10 Å². The molecule has 3 aromatic rings. The lowest BCUT2D eigenvalue weighted by Gasteiger charge is -2.11. The van der Waals surface area contributed by atoms with Gasteiger partial charge in [0.2, 0.25) is 0 Å². The zero-order valence-corrected chi connectivity index (χ0v) is 16.0. The number of hydrogen-bond donors (Lipinski definition) is 3. The molecule has 0 unspecified atom stereocenters. The molecule has 0 atom stereocenters. The van der Waals surface area contributed by atoms with Gasteiger partial charge in [0.05, 0.1) is 18.9 Å². The number of hydrazone groups is 1. The lowest BCUT2D eigenvalue weighted by atomic mass is 10.2. The van der Waals surface area contributed by atoms with Gasteiger partial charge in [0.25, 0.3) is 5.91 Å². The molecule has 0 aromatic heterocycles. The van der Waals surface area contributed by atoms with Crippen LogP contribution in [0.25, 0.3) is 0 Å². The van der Waals surface area contributed by atoms with E-state index in [-0.39, 0.29) is 29.5 Å². The largest absolute Gasteiger partial charge is 0.508 e. The third-order valence-electron chi connectivity index (χ3n) is 4.10. The Morgan fingerprint density at radius 2 is 1.83 bits per heavy atom. The smallest absolute Gasteiger partial charge is 0.275 e. The second-order valence-corrected chi connectivity index (χ2v) is 6.23. The van der Waals surface area contributed by atoms with Gasteiger partial charge in [-0.05, 0) is 53.6 Å². The number of benzene rings is 3. The van der Waals surface area contributed by atoms with Crippen molar-refractivity contribution in [3.8, 4) is 23.0 Å². The van der Waals surface area contributed by atoms with Crippen LogP contribution in [0.2, 0.25) is 0 Å². The van der Waals surface area contributed by atoms with E-state index in [1.54, 1.807) is 30.3 Å². The number of ether oxygens (including phenoxy) is 2. The quantitative estimate of drug-likeness (QED) is 0.408. The lowest BCUT2D eigenvalue weighted by Crippen LogP contribution is -2.17. The predicted molar refractivity (Wildman–Crippen MR) is 109 cm³/mol. The molecule has 154 valence electrons. The summed E-state index contributed by atoms with van der Waals surface area (Å²) in [6.07, 6.45) is 1.40. The van der Waals surface area contributed by atoms with E-state index in [9.17, 15) is 19.4 Å². The maximum absolute atomic E-state index is 13.0. The van der Waals surface area contributed by atoms with Crippen molar-refractivity contribution >= 4 is 12.1 Å². The van der Waals surface area contributed by atoms with Crippen molar-refractivity contribution in [3.63, 3.8) is 0 Å². The molecular formula is C22H19FN2O5. The summed E-state index contributed by atoms with van der Waals surface area (Å²) in [4.78, 5) is 12.1. The highest BCUT2D eigenvalue weighted by Gasteiger charge is 2.11. The Morgan fingerprint density at radius 1 is 1.07 bits per heavy atom. The summed E-state index contributed by atoms with van der Waals surface area (Å²) in [6.45, 7) is 0.246. The third-order valence-corrected chi connectivity index (χ3v) is 4.10. The summed E-state index contributed by atoms with van der Waals surface area (Å²) < 4.78 is 24.0. The SMILES string of the molecule is COc1cc(C=NNC(=O)c2ccc(O)cc2O)ccc1OCc1ccc(F)cc1. The highest BCUT2D eigenvalue weighted by atomic mass is 19.1. The number of carbonyl (C=O) groups is 1. The van der Waals surface area contributed by atoms with Gasteiger partial charge in [-0.25, -0.2) is 9.82 Å².